The lowest BCUT2D eigenvalue weighted by Crippen LogP contribution is -2.49. The largest absolute Gasteiger partial charge is 0.0874 e. The van der Waals surface area contributed by atoms with Gasteiger partial charge < -0.3 is 0 Å². The third-order valence-electron chi connectivity index (χ3n) is 8.34. The second-order valence-electron chi connectivity index (χ2n) is 11.7. The molecule has 0 heteroatoms. The van der Waals surface area contributed by atoms with E-state index < -0.39 is 0 Å². The summed E-state index contributed by atoms with van der Waals surface area (Å²) in [6.07, 6.45) is 23.9. The lowest BCUT2D eigenvalue weighted by atomic mass is 9.48. The molecule has 2 rings (SSSR count). The quantitative estimate of drug-likeness (QED) is 0.332. The van der Waals surface area contributed by atoms with Crippen LogP contribution in [0.5, 0.6) is 0 Å². The van der Waals surface area contributed by atoms with Crippen LogP contribution >= 0.6 is 0 Å². The summed E-state index contributed by atoms with van der Waals surface area (Å²) in [7, 11) is 0. The van der Waals surface area contributed by atoms with E-state index in [4.69, 9.17) is 0 Å². The normalized spacial score (nSPS) is 31.4. The van der Waals surface area contributed by atoms with Gasteiger partial charge in [-0.3, -0.25) is 0 Å². The van der Waals surface area contributed by atoms with E-state index >= 15 is 0 Å². The Labute approximate surface area is 189 Å². The smallest absolute Gasteiger partial charge is 0.0141 e. The Morgan fingerprint density at radius 2 is 1.47 bits per heavy atom. The second kappa shape index (κ2) is 11.0. The highest BCUT2D eigenvalue weighted by atomic mass is 14.6. The van der Waals surface area contributed by atoms with Crippen molar-refractivity contribution in [2.75, 3.05) is 0 Å². The molecule has 0 aromatic heterocycles. The molecule has 30 heavy (non-hydrogen) atoms. The van der Waals surface area contributed by atoms with Crippen molar-refractivity contribution < 1.29 is 0 Å². The summed E-state index contributed by atoms with van der Waals surface area (Å²) in [5.41, 5.74) is 5.41. The molecule has 170 valence electrons. The van der Waals surface area contributed by atoms with Crippen molar-refractivity contribution in [3.8, 4) is 0 Å². The van der Waals surface area contributed by atoms with E-state index in [1.165, 1.54) is 63.4 Å². The van der Waals surface area contributed by atoms with Crippen LogP contribution in [-0.2, 0) is 0 Å². The molecule has 1 saturated carbocycles. The van der Waals surface area contributed by atoms with Crippen LogP contribution in [0.3, 0.4) is 0 Å². The van der Waals surface area contributed by atoms with Crippen LogP contribution in [0.4, 0.5) is 0 Å². The van der Waals surface area contributed by atoms with Gasteiger partial charge in [0.05, 0.1) is 0 Å². The first-order valence-electron chi connectivity index (χ1n) is 12.7. The van der Waals surface area contributed by atoms with Crippen LogP contribution in [0.2, 0.25) is 0 Å². The number of rotatable bonds is 9. The third kappa shape index (κ3) is 6.73. The molecule has 0 bridgehead atoms. The minimum Gasteiger partial charge on any atom is -0.0874 e. The van der Waals surface area contributed by atoms with Gasteiger partial charge in [-0.2, -0.15) is 0 Å². The van der Waals surface area contributed by atoms with Crippen LogP contribution in [0.25, 0.3) is 0 Å². The van der Waals surface area contributed by atoms with Crippen molar-refractivity contribution >= 4 is 0 Å². The van der Waals surface area contributed by atoms with E-state index in [0.29, 0.717) is 10.8 Å². The monoisotopic (exact) mass is 410 g/mol. The molecule has 0 amide bonds. The van der Waals surface area contributed by atoms with Gasteiger partial charge in [0.1, 0.15) is 0 Å². The third-order valence-corrected chi connectivity index (χ3v) is 8.34. The Morgan fingerprint density at radius 3 is 2.10 bits per heavy atom. The average molecular weight is 411 g/mol. The zero-order chi connectivity index (χ0) is 22.4. The van der Waals surface area contributed by atoms with Gasteiger partial charge in [-0.15, -0.1) is 0 Å². The highest BCUT2D eigenvalue weighted by molar-refractivity contribution is 5.14. The van der Waals surface area contributed by atoms with Gasteiger partial charge in [0.15, 0.2) is 0 Å². The minimum absolute atomic E-state index is 0.368. The predicted molar refractivity (Wildman–Crippen MR) is 136 cm³/mol. The zero-order valence-corrected chi connectivity index (χ0v) is 21.5. The molecular formula is C30H50. The van der Waals surface area contributed by atoms with Crippen molar-refractivity contribution in [2.45, 2.75) is 113 Å². The maximum Gasteiger partial charge on any atom is -0.0141 e. The van der Waals surface area contributed by atoms with E-state index in [9.17, 15) is 0 Å². The van der Waals surface area contributed by atoms with Gasteiger partial charge in [-0.1, -0.05) is 81.2 Å². The Kier molecular flexibility index (Phi) is 9.26. The summed E-state index contributed by atoms with van der Waals surface area (Å²) in [4.78, 5) is 0. The maximum absolute atomic E-state index is 2.61. The molecule has 0 heterocycles. The van der Waals surface area contributed by atoms with Crippen LogP contribution < -0.4 is 0 Å². The molecule has 1 fully saturated rings. The molecule has 0 nitrogen and oxygen atoms in total. The van der Waals surface area contributed by atoms with E-state index in [1.807, 2.05) is 0 Å². The fourth-order valence-corrected chi connectivity index (χ4v) is 6.58. The Bertz CT molecular complexity index is 664. The minimum atomic E-state index is 0.368. The van der Waals surface area contributed by atoms with Gasteiger partial charge in [-0.25, -0.2) is 0 Å². The molecule has 0 aromatic rings. The lowest BCUT2D eigenvalue weighted by molar-refractivity contribution is -0.0507. The number of hydrogen-bond donors (Lipinski definition) is 0. The summed E-state index contributed by atoms with van der Waals surface area (Å²) in [6.45, 7) is 19.1. The molecule has 2 aliphatic rings. The van der Waals surface area contributed by atoms with Crippen molar-refractivity contribution in [3.63, 3.8) is 0 Å². The summed E-state index contributed by atoms with van der Waals surface area (Å²) in [5.74, 6) is 2.58. The Hall–Kier alpha value is -1.04. The van der Waals surface area contributed by atoms with Crippen LogP contribution in [0.1, 0.15) is 113 Å². The average Bonchev–Trinajstić information content (AvgIpc) is 2.63. The first kappa shape index (κ1) is 25.2. The maximum atomic E-state index is 2.61. The standard InChI is InChI=1S/C30H50/c1-23(2)13-9-14-24(3)15-10-16-25(4)17-11-18-27-26(5)19-20-28-29(6,7)21-12-22-30(27,28)8/h12-13,15,17,21,26-28H,9-11,14,16,18-20,22H2,1-8H3/b24-15+,25-17+/t26?,27-,28-,30+/m0/s1. The van der Waals surface area contributed by atoms with Crippen molar-refractivity contribution in [1.82, 2.24) is 0 Å². The molecule has 0 aliphatic heterocycles. The summed E-state index contributed by atoms with van der Waals surface area (Å²) >= 11 is 0. The molecule has 0 spiro atoms. The van der Waals surface area contributed by atoms with Crippen LogP contribution in [-0.4, -0.2) is 0 Å². The second-order valence-corrected chi connectivity index (χ2v) is 11.7. The van der Waals surface area contributed by atoms with Crippen LogP contribution in [0, 0.1) is 28.6 Å². The summed E-state index contributed by atoms with van der Waals surface area (Å²) in [6, 6.07) is 0. The summed E-state index contributed by atoms with van der Waals surface area (Å²) in [5, 5.41) is 0. The van der Waals surface area contributed by atoms with Crippen LogP contribution in [0.15, 0.2) is 47.1 Å². The first-order chi connectivity index (χ1) is 14.1. The number of hydrogen-bond acceptors (Lipinski definition) is 0. The van der Waals surface area contributed by atoms with Gasteiger partial charge >= 0.3 is 0 Å². The molecule has 0 saturated heterocycles. The van der Waals surface area contributed by atoms with Gasteiger partial charge in [-0.05, 0) is 108 Å². The van der Waals surface area contributed by atoms with Gasteiger partial charge in [0, 0.05) is 0 Å². The van der Waals surface area contributed by atoms with E-state index in [0.717, 1.165) is 17.8 Å². The molecule has 4 atom stereocenters. The predicted octanol–water partition coefficient (Wildman–Crippen LogP) is 9.84. The fraction of sp³-hybridized carbons (Fsp3) is 0.733. The van der Waals surface area contributed by atoms with E-state index in [2.05, 4.69) is 85.8 Å². The van der Waals surface area contributed by atoms with E-state index in [1.54, 1.807) is 11.1 Å². The van der Waals surface area contributed by atoms with Crippen molar-refractivity contribution in [1.29, 1.82) is 0 Å². The first-order valence-corrected chi connectivity index (χ1v) is 12.7. The lowest BCUT2D eigenvalue weighted by Gasteiger charge is -2.57. The molecule has 1 unspecified atom stereocenters. The molecule has 0 N–H and O–H groups in total. The summed E-state index contributed by atoms with van der Waals surface area (Å²) < 4.78 is 0. The fourth-order valence-electron chi connectivity index (χ4n) is 6.58. The van der Waals surface area contributed by atoms with Gasteiger partial charge in [0.2, 0.25) is 0 Å². The highest BCUT2D eigenvalue weighted by Gasteiger charge is 2.51. The topological polar surface area (TPSA) is 0 Å². The molecule has 0 radical (unpaired) electrons. The Balaban J connectivity index is 1.86. The zero-order valence-electron chi connectivity index (χ0n) is 21.5. The molecule has 0 aromatic carbocycles. The number of fused-ring (bicyclic) bond motifs is 1. The molecule has 2 aliphatic carbocycles. The van der Waals surface area contributed by atoms with Crippen molar-refractivity contribution in [3.05, 3.63) is 47.1 Å². The SMILES string of the molecule is CC(C)=CCC/C(C)=C/CC/C(C)=C/CC[C@H]1C(C)CC[C@H]2C(C)(C)C=CC[C@]12C. The number of allylic oxidation sites excluding steroid dienone is 8. The van der Waals surface area contributed by atoms with Crippen molar-refractivity contribution in [2.24, 2.45) is 28.6 Å². The van der Waals surface area contributed by atoms with E-state index in [-0.39, 0.29) is 0 Å². The highest BCUT2D eigenvalue weighted by Crippen LogP contribution is 2.60. The molecular weight excluding hydrogens is 360 g/mol. The Morgan fingerprint density at radius 1 is 0.867 bits per heavy atom. The van der Waals surface area contributed by atoms with Gasteiger partial charge in [0.25, 0.3) is 0 Å².